The van der Waals surface area contributed by atoms with Crippen LogP contribution in [0.2, 0.25) is 5.02 Å². The van der Waals surface area contributed by atoms with E-state index in [9.17, 15) is 4.79 Å². The predicted octanol–water partition coefficient (Wildman–Crippen LogP) is 3.82. The van der Waals surface area contributed by atoms with Gasteiger partial charge in [0.25, 0.3) is 0 Å². The molecule has 1 aromatic carbocycles. The fraction of sp³-hybridized carbons (Fsp3) is 0.462. The molecule has 18 heavy (non-hydrogen) atoms. The van der Waals surface area contributed by atoms with Gasteiger partial charge in [0.05, 0.1) is 11.6 Å². The first-order chi connectivity index (χ1) is 8.52. The molecule has 1 atom stereocenters. The van der Waals surface area contributed by atoms with Crippen molar-refractivity contribution in [2.75, 3.05) is 11.9 Å². The van der Waals surface area contributed by atoms with Crippen LogP contribution >= 0.6 is 27.5 Å². The van der Waals surface area contributed by atoms with Gasteiger partial charge in [-0.2, -0.15) is 0 Å². The van der Waals surface area contributed by atoms with E-state index in [0.717, 1.165) is 23.0 Å². The lowest BCUT2D eigenvalue weighted by Crippen LogP contribution is -2.36. The van der Waals surface area contributed by atoms with E-state index in [0.29, 0.717) is 5.02 Å². The molecule has 1 amide bonds. The molecule has 1 rings (SSSR count). The standard InChI is InChI=1S/C13H18BrClN2O/c1-3-4-9(2)17-13(18)8-16-10-5-6-12(15)11(14)7-10/h5-7,9,16H,3-4,8H2,1-2H3,(H,17,18). The lowest BCUT2D eigenvalue weighted by atomic mass is 10.2. The molecular weight excluding hydrogens is 316 g/mol. The van der Waals surface area contributed by atoms with E-state index in [4.69, 9.17) is 11.6 Å². The van der Waals surface area contributed by atoms with E-state index >= 15 is 0 Å². The Morgan fingerprint density at radius 2 is 2.22 bits per heavy atom. The summed E-state index contributed by atoms with van der Waals surface area (Å²) in [6, 6.07) is 5.70. The minimum absolute atomic E-state index is 0.00187. The average Bonchev–Trinajstić information content (AvgIpc) is 2.31. The topological polar surface area (TPSA) is 41.1 Å². The molecule has 0 saturated heterocycles. The lowest BCUT2D eigenvalue weighted by molar-refractivity contribution is -0.120. The van der Waals surface area contributed by atoms with Crippen LogP contribution in [0.4, 0.5) is 5.69 Å². The molecule has 5 heteroatoms. The summed E-state index contributed by atoms with van der Waals surface area (Å²) in [5.41, 5.74) is 0.865. The highest BCUT2D eigenvalue weighted by Crippen LogP contribution is 2.25. The Morgan fingerprint density at radius 3 is 2.83 bits per heavy atom. The van der Waals surface area contributed by atoms with Crippen LogP contribution in [0.25, 0.3) is 0 Å². The van der Waals surface area contributed by atoms with E-state index in [1.807, 2.05) is 19.1 Å². The number of amides is 1. The second kappa shape index (κ2) is 7.64. The zero-order chi connectivity index (χ0) is 13.5. The smallest absolute Gasteiger partial charge is 0.239 e. The monoisotopic (exact) mass is 332 g/mol. The third kappa shape index (κ3) is 5.27. The highest BCUT2D eigenvalue weighted by Gasteiger charge is 2.06. The van der Waals surface area contributed by atoms with Gasteiger partial charge >= 0.3 is 0 Å². The SMILES string of the molecule is CCCC(C)NC(=O)CNc1ccc(Cl)c(Br)c1. The van der Waals surface area contributed by atoms with Crippen LogP contribution in [0, 0.1) is 0 Å². The van der Waals surface area contributed by atoms with E-state index in [1.165, 1.54) is 0 Å². The van der Waals surface area contributed by atoms with Crippen LogP contribution in [0.1, 0.15) is 26.7 Å². The van der Waals surface area contributed by atoms with Gasteiger partial charge in [0.15, 0.2) is 0 Å². The highest BCUT2D eigenvalue weighted by molar-refractivity contribution is 9.10. The van der Waals surface area contributed by atoms with Gasteiger partial charge in [0.2, 0.25) is 5.91 Å². The summed E-state index contributed by atoms with van der Waals surface area (Å²) in [5.74, 6) is 0.00187. The van der Waals surface area contributed by atoms with Crippen molar-refractivity contribution >= 4 is 39.1 Å². The molecule has 0 aliphatic rings. The third-order valence-electron chi connectivity index (χ3n) is 2.50. The number of nitrogens with one attached hydrogen (secondary N) is 2. The maximum atomic E-state index is 11.6. The Bertz CT molecular complexity index is 412. The van der Waals surface area contributed by atoms with Gasteiger partial charge in [-0.1, -0.05) is 24.9 Å². The predicted molar refractivity (Wildman–Crippen MR) is 80.2 cm³/mol. The number of rotatable bonds is 6. The molecule has 0 fully saturated rings. The van der Waals surface area contributed by atoms with Crippen molar-refractivity contribution in [3.8, 4) is 0 Å². The lowest BCUT2D eigenvalue weighted by Gasteiger charge is -2.13. The van der Waals surface area contributed by atoms with Crippen molar-refractivity contribution in [3.63, 3.8) is 0 Å². The summed E-state index contributed by atoms with van der Waals surface area (Å²) in [6.07, 6.45) is 2.07. The number of benzene rings is 1. The fourth-order valence-corrected chi connectivity index (χ4v) is 2.12. The van der Waals surface area contributed by atoms with Gasteiger partial charge in [0, 0.05) is 16.2 Å². The molecule has 0 aliphatic carbocycles. The van der Waals surface area contributed by atoms with Gasteiger partial charge < -0.3 is 10.6 Å². The summed E-state index contributed by atoms with van der Waals surface area (Å²) in [5, 5.41) is 6.65. The maximum Gasteiger partial charge on any atom is 0.239 e. The number of anilines is 1. The summed E-state index contributed by atoms with van der Waals surface area (Å²) >= 11 is 9.23. The number of carbonyl (C=O) groups excluding carboxylic acids is 1. The molecule has 0 aliphatic heterocycles. The number of hydrogen-bond acceptors (Lipinski definition) is 2. The van der Waals surface area contributed by atoms with Crippen LogP contribution in [-0.4, -0.2) is 18.5 Å². The Labute approximate surface area is 121 Å². The summed E-state index contributed by atoms with van der Waals surface area (Å²) < 4.78 is 0.814. The van der Waals surface area contributed by atoms with Crippen molar-refractivity contribution < 1.29 is 4.79 Å². The second-order valence-electron chi connectivity index (χ2n) is 4.24. The molecule has 1 aromatic rings. The normalized spacial score (nSPS) is 12.0. The minimum atomic E-state index is 0.00187. The number of hydrogen-bond donors (Lipinski definition) is 2. The highest BCUT2D eigenvalue weighted by atomic mass is 79.9. The molecule has 0 bridgehead atoms. The Kier molecular flexibility index (Phi) is 6.50. The van der Waals surface area contributed by atoms with E-state index < -0.39 is 0 Å². The molecule has 0 spiro atoms. The van der Waals surface area contributed by atoms with Crippen LogP contribution in [0.3, 0.4) is 0 Å². The van der Waals surface area contributed by atoms with Crippen molar-refractivity contribution in [1.82, 2.24) is 5.32 Å². The molecule has 0 saturated carbocycles. The van der Waals surface area contributed by atoms with Crippen LogP contribution < -0.4 is 10.6 Å². The average molecular weight is 334 g/mol. The number of halogens is 2. The largest absolute Gasteiger partial charge is 0.376 e. The quantitative estimate of drug-likeness (QED) is 0.831. The summed E-state index contributed by atoms with van der Waals surface area (Å²) in [6.45, 7) is 4.38. The van der Waals surface area contributed by atoms with Crippen molar-refractivity contribution in [2.24, 2.45) is 0 Å². The first kappa shape index (κ1) is 15.3. The molecule has 3 nitrogen and oxygen atoms in total. The Hall–Kier alpha value is -0.740. The molecule has 0 aromatic heterocycles. The maximum absolute atomic E-state index is 11.6. The molecule has 0 heterocycles. The van der Waals surface area contributed by atoms with E-state index in [2.05, 4.69) is 33.5 Å². The van der Waals surface area contributed by atoms with Gasteiger partial charge in [-0.05, 0) is 47.5 Å². The van der Waals surface area contributed by atoms with Crippen LogP contribution in [-0.2, 0) is 4.79 Å². The molecule has 1 unspecified atom stereocenters. The first-order valence-corrected chi connectivity index (χ1v) is 7.18. The number of carbonyl (C=O) groups is 1. The zero-order valence-corrected chi connectivity index (χ0v) is 12.9. The van der Waals surface area contributed by atoms with Crippen molar-refractivity contribution in [3.05, 3.63) is 27.7 Å². The molecule has 100 valence electrons. The fourth-order valence-electron chi connectivity index (χ4n) is 1.62. The second-order valence-corrected chi connectivity index (χ2v) is 5.50. The Balaban J connectivity index is 2.40. The van der Waals surface area contributed by atoms with Crippen molar-refractivity contribution in [2.45, 2.75) is 32.7 Å². The first-order valence-electron chi connectivity index (χ1n) is 6.01. The van der Waals surface area contributed by atoms with Crippen LogP contribution in [0.5, 0.6) is 0 Å². The van der Waals surface area contributed by atoms with E-state index in [1.54, 1.807) is 6.07 Å². The minimum Gasteiger partial charge on any atom is -0.376 e. The van der Waals surface area contributed by atoms with Gasteiger partial charge in [-0.3, -0.25) is 4.79 Å². The van der Waals surface area contributed by atoms with Crippen molar-refractivity contribution in [1.29, 1.82) is 0 Å². The zero-order valence-electron chi connectivity index (χ0n) is 10.6. The van der Waals surface area contributed by atoms with E-state index in [-0.39, 0.29) is 18.5 Å². The summed E-state index contributed by atoms with van der Waals surface area (Å²) in [7, 11) is 0. The van der Waals surface area contributed by atoms with Crippen LogP contribution in [0.15, 0.2) is 22.7 Å². The van der Waals surface area contributed by atoms with Gasteiger partial charge in [-0.25, -0.2) is 0 Å². The Morgan fingerprint density at radius 1 is 1.50 bits per heavy atom. The molecule has 2 N–H and O–H groups in total. The molecule has 0 radical (unpaired) electrons. The van der Waals surface area contributed by atoms with Gasteiger partial charge in [-0.15, -0.1) is 0 Å². The van der Waals surface area contributed by atoms with Gasteiger partial charge in [0.1, 0.15) is 0 Å². The summed E-state index contributed by atoms with van der Waals surface area (Å²) in [4.78, 5) is 11.6. The third-order valence-corrected chi connectivity index (χ3v) is 3.72. The molecular formula is C13H18BrClN2O.